The second kappa shape index (κ2) is 19.4. The predicted molar refractivity (Wildman–Crippen MR) is 173 cm³/mol. The molecule has 272 valence electrons. The van der Waals surface area contributed by atoms with E-state index in [9.17, 15) is 32.3 Å². The lowest BCUT2D eigenvalue weighted by molar-refractivity contribution is -0.190. The molecule has 1 saturated heterocycles. The first-order chi connectivity index (χ1) is 23.4. The molecule has 1 aliphatic heterocycles. The zero-order valence-electron chi connectivity index (χ0n) is 28.0. The number of fused-ring (bicyclic) bond motifs is 1. The van der Waals surface area contributed by atoms with Crippen LogP contribution in [0, 0.1) is 0 Å². The lowest BCUT2D eigenvalue weighted by atomic mass is 9.91. The zero-order chi connectivity index (χ0) is 35.9. The summed E-state index contributed by atoms with van der Waals surface area (Å²) in [5, 5.41) is 14.1. The number of rotatable bonds is 19. The highest BCUT2D eigenvalue weighted by molar-refractivity contribution is 5.94. The van der Waals surface area contributed by atoms with Gasteiger partial charge in [-0.25, -0.2) is 9.59 Å². The number of benzene rings is 1. The highest BCUT2D eigenvalue weighted by Crippen LogP contribution is 2.43. The number of esters is 2. The number of aliphatic hydroxyl groups excluding tert-OH is 1. The van der Waals surface area contributed by atoms with E-state index < -0.39 is 54.7 Å². The fraction of sp³-hybridized carbons (Fsp3) is 0.600. The summed E-state index contributed by atoms with van der Waals surface area (Å²) >= 11 is 0. The normalized spacial score (nSPS) is 20.0. The van der Waals surface area contributed by atoms with Crippen LogP contribution in [0.2, 0.25) is 0 Å². The third-order valence-corrected chi connectivity index (χ3v) is 8.06. The molecule has 1 aliphatic carbocycles. The SMILES string of the molecule is CCCCCC1(CCCCC)OC2C=C(C(=O)NCCC(=O)NCCO)CC(OC(=O)c3ccc(C=CC(=O)OCC(F)(F)F)cc3)C2O1. The molecule has 0 bridgehead atoms. The van der Waals surface area contributed by atoms with Crippen LogP contribution in [0.4, 0.5) is 13.2 Å². The van der Waals surface area contributed by atoms with Crippen LogP contribution in [0.3, 0.4) is 0 Å². The van der Waals surface area contributed by atoms with Crippen LogP contribution in [-0.2, 0) is 33.3 Å². The lowest BCUT2D eigenvalue weighted by Crippen LogP contribution is -2.44. The lowest BCUT2D eigenvalue weighted by Gasteiger charge is -2.31. The molecular formula is C35H47F3N2O9. The van der Waals surface area contributed by atoms with Gasteiger partial charge in [-0.1, -0.05) is 51.7 Å². The molecule has 3 N–H and O–H groups in total. The first kappa shape index (κ1) is 39.7. The molecule has 11 nitrogen and oxygen atoms in total. The Morgan fingerprint density at radius 3 is 2.27 bits per heavy atom. The summed E-state index contributed by atoms with van der Waals surface area (Å²) in [6, 6.07) is 5.87. The molecule has 0 saturated carbocycles. The van der Waals surface area contributed by atoms with Gasteiger partial charge in [-0.15, -0.1) is 0 Å². The van der Waals surface area contributed by atoms with Crippen LogP contribution in [0.5, 0.6) is 0 Å². The zero-order valence-corrected chi connectivity index (χ0v) is 28.0. The van der Waals surface area contributed by atoms with Gasteiger partial charge in [0.15, 0.2) is 12.4 Å². The van der Waals surface area contributed by atoms with E-state index in [0.717, 1.165) is 44.6 Å². The van der Waals surface area contributed by atoms with Crippen LogP contribution in [-0.4, -0.2) is 85.4 Å². The van der Waals surface area contributed by atoms with Gasteiger partial charge < -0.3 is 34.7 Å². The maximum atomic E-state index is 13.4. The molecule has 0 radical (unpaired) electrons. The molecule has 2 aliphatic rings. The van der Waals surface area contributed by atoms with Gasteiger partial charge in [0.2, 0.25) is 11.8 Å². The van der Waals surface area contributed by atoms with Crippen LogP contribution >= 0.6 is 0 Å². The van der Waals surface area contributed by atoms with Gasteiger partial charge in [-0.3, -0.25) is 9.59 Å². The summed E-state index contributed by atoms with van der Waals surface area (Å²) in [7, 11) is 0. The Labute approximate surface area is 284 Å². The topological polar surface area (TPSA) is 149 Å². The molecule has 2 amide bonds. The Balaban J connectivity index is 1.75. The molecule has 1 heterocycles. The average molecular weight is 697 g/mol. The molecule has 0 aromatic heterocycles. The summed E-state index contributed by atoms with van der Waals surface area (Å²) in [6.45, 7) is 2.49. The molecule has 3 rings (SSSR count). The highest BCUT2D eigenvalue weighted by atomic mass is 19.4. The summed E-state index contributed by atoms with van der Waals surface area (Å²) < 4.78 is 60.1. The Kier molecular flexibility index (Phi) is 15.7. The summed E-state index contributed by atoms with van der Waals surface area (Å²) in [5.41, 5.74) is 0.926. The number of nitrogens with one attached hydrogen (secondary N) is 2. The van der Waals surface area contributed by atoms with E-state index >= 15 is 0 Å². The summed E-state index contributed by atoms with van der Waals surface area (Å²) in [5.74, 6) is -3.50. The standard InChI is InChI=1S/C35H47F3N2O9/c1-3-5-7-16-34(17-8-6-4-2)48-28-22-26(32(44)40-18-15-29(42)39-19-20-41)21-27(31(28)49-34)47-33(45)25-12-9-24(10-13-25)11-14-30(43)46-23-35(36,37)38/h9-14,22,27-28,31,41H,3-8,15-21,23H2,1-2H3,(H,39,42)(H,40,44). The van der Waals surface area contributed by atoms with Crippen LogP contribution in [0.1, 0.15) is 94.0 Å². The van der Waals surface area contributed by atoms with Crippen molar-refractivity contribution < 1.29 is 56.4 Å². The van der Waals surface area contributed by atoms with Crippen molar-refractivity contribution in [2.45, 2.75) is 108 Å². The smallest absolute Gasteiger partial charge is 0.422 e. The van der Waals surface area contributed by atoms with Gasteiger partial charge in [0.1, 0.15) is 18.3 Å². The number of ether oxygens (including phenoxy) is 4. The molecule has 1 fully saturated rings. The van der Waals surface area contributed by atoms with E-state index in [0.29, 0.717) is 24.0 Å². The molecule has 0 spiro atoms. The fourth-order valence-corrected chi connectivity index (χ4v) is 5.59. The monoisotopic (exact) mass is 696 g/mol. The predicted octanol–water partition coefficient (Wildman–Crippen LogP) is 4.92. The number of unbranched alkanes of at least 4 members (excludes halogenated alkanes) is 4. The van der Waals surface area contributed by atoms with Crippen molar-refractivity contribution in [3.05, 3.63) is 53.1 Å². The molecule has 49 heavy (non-hydrogen) atoms. The average Bonchev–Trinajstić information content (AvgIpc) is 3.44. The second-order valence-electron chi connectivity index (χ2n) is 12.1. The fourth-order valence-electron chi connectivity index (χ4n) is 5.59. The van der Waals surface area contributed by atoms with E-state index in [1.807, 2.05) is 0 Å². The van der Waals surface area contributed by atoms with E-state index in [1.165, 1.54) is 30.3 Å². The number of hydrogen-bond acceptors (Lipinski definition) is 9. The van der Waals surface area contributed by atoms with Gasteiger partial charge in [0.25, 0.3) is 0 Å². The van der Waals surface area contributed by atoms with Crippen molar-refractivity contribution in [2.24, 2.45) is 0 Å². The number of carbonyl (C=O) groups is 4. The van der Waals surface area contributed by atoms with Gasteiger partial charge in [0, 0.05) is 50.4 Å². The van der Waals surface area contributed by atoms with Crippen molar-refractivity contribution in [1.29, 1.82) is 0 Å². The summed E-state index contributed by atoms with van der Waals surface area (Å²) in [4.78, 5) is 50.1. The van der Waals surface area contributed by atoms with Crippen LogP contribution in [0.25, 0.3) is 6.08 Å². The maximum Gasteiger partial charge on any atom is 0.422 e. The molecule has 3 atom stereocenters. The Morgan fingerprint density at radius 2 is 1.65 bits per heavy atom. The molecule has 1 aromatic rings. The number of carbonyl (C=O) groups excluding carboxylic acids is 4. The van der Waals surface area contributed by atoms with E-state index in [-0.39, 0.29) is 44.0 Å². The van der Waals surface area contributed by atoms with Gasteiger partial charge in [0.05, 0.1) is 12.2 Å². The Bertz CT molecular complexity index is 1300. The first-order valence-corrected chi connectivity index (χ1v) is 16.8. The van der Waals surface area contributed by atoms with Crippen molar-refractivity contribution in [2.75, 3.05) is 26.3 Å². The minimum Gasteiger partial charge on any atom is -0.456 e. The minimum absolute atomic E-state index is 0.0149. The molecule has 14 heteroatoms. The van der Waals surface area contributed by atoms with Crippen LogP contribution in [0.15, 0.2) is 42.0 Å². The van der Waals surface area contributed by atoms with Gasteiger partial charge >= 0.3 is 18.1 Å². The second-order valence-corrected chi connectivity index (χ2v) is 12.1. The molecule has 1 aromatic carbocycles. The summed E-state index contributed by atoms with van der Waals surface area (Å²) in [6.07, 6.45) is 4.09. The first-order valence-electron chi connectivity index (χ1n) is 16.8. The van der Waals surface area contributed by atoms with Gasteiger partial charge in [-0.2, -0.15) is 13.2 Å². The molecular weight excluding hydrogens is 649 g/mol. The third kappa shape index (κ3) is 13.2. The number of alkyl halides is 3. The number of hydrogen-bond donors (Lipinski definition) is 3. The van der Waals surface area contributed by atoms with Crippen molar-refractivity contribution in [1.82, 2.24) is 10.6 Å². The van der Waals surface area contributed by atoms with Crippen molar-refractivity contribution in [3.63, 3.8) is 0 Å². The largest absolute Gasteiger partial charge is 0.456 e. The van der Waals surface area contributed by atoms with E-state index in [4.69, 9.17) is 19.3 Å². The Hall–Kier alpha value is -3.75. The highest BCUT2D eigenvalue weighted by Gasteiger charge is 2.52. The maximum absolute atomic E-state index is 13.4. The van der Waals surface area contributed by atoms with Gasteiger partial charge in [-0.05, 0) is 42.7 Å². The minimum atomic E-state index is -4.63. The third-order valence-electron chi connectivity index (χ3n) is 8.06. The van der Waals surface area contributed by atoms with E-state index in [2.05, 4.69) is 29.2 Å². The molecule has 3 unspecified atom stereocenters. The van der Waals surface area contributed by atoms with Crippen molar-refractivity contribution >= 4 is 29.8 Å². The van der Waals surface area contributed by atoms with Crippen molar-refractivity contribution in [3.8, 4) is 0 Å². The number of halogens is 3. The Morgan fingerprint density at radius 1 is 0.980 bits per heavy atom. The number of aliphatic hydroxyl groups is 1. The number of amides is 2. The quantitative estimate of drug-likeness (QED) is 0.104. The van der Waals surface area contributed by atoms with Crippen LogP contribution < -0.4 is 10.6 Å². The van der Waals surface area contributed by atoms with E-state index in [1.54, 1.807) is 6.08 Å².